The molecule has 4 rings (SSSR count). The number of nitrogens with zero attached hydrogens (tertiary/aromatic N) is 2. The Morgan fingerprint density at radius 2 is 2.00 bits per heavy atom. The van der Waals surface area contributed by atoms with E-state index in [1.54, 1.807) is 0 Å². The van der Waals surface area contributed by atoms with Crippen molar-refractivity contribution < 1.29 is 9.37 Å². The highest BCUT2D eigenvalue weighted by atomic mass is 32.1. The number of hydrogen-bond donors (Lipinski definition) is 2. The van der Waals surface area contributed by atoms with Gasteiger partial charge in [-0.15, -0.1) is 11.3 Å². The summed E-state index contributed by atoms with van der Waals surface area (Å²) in [7, 11) is 0. The quantitative estimate of drug-likeness (QED) is 0.443. The van der Waals surface area contributed by atoms with Gasteiger partial charge in [-0.2, -0.15) is 0 Å². The number of aromatic nitrogens is 2. The van der Waals surface area contributed by atoms with Gasteiger partial charge in [-0.25, -0.2) is 4.63 Å². The van der Waals surface area contributed by atoms with Crippen LogP contribution in [0.1, 0.15) is 10.4 Å². The zero-order valence-corrected chi connectivity index (χ0v) is 12.8. The lowest BCUT2D eigenvalue weighted by molar-refractivity contribution is 0.306. The molecule has 0 spiro atoms. The van der Waals surface area contributed by atoms with Crippen LogP contribution in [0.4, 0.5) is 0 Å². The number of nitrogens with two attached hydrogens (primary N) is 1. The van der Waals surface area contributed by atoms with Gasteiger partial charge in [0.05, 0.1) is 4.88 Å². The van der Waals surface area contributed by atoms with Gasteiger partial charge < -0.3 is 10.5 Å². The van der Waals surface area contributed by atoms with Crippen LogP contribution in [0.25, 0.3) is 21.1 Å². The lowest BCUT2D eigenvalue weighted by atomic mass is 10.2. The fourth-order valence-corrected chi connectivity index (χ4v) is 3.27. The van der Waals surface area contributed by atoms with Crippen LogP contribution < -0.4 is 10.5 Å². The molecule has 2 aromatic heterocycles. The van der Waals surface area contributed by atoms with Crippen LogP contribution in [0.3, 0.4) is 0 Å². The summed E-state index contributed by atoms with van der Waals surface area (Å²) >= 11 is 1.48. The van der Waals surface area contributed by atoms with Crippen molar-refractivity contribution >= 4 is 38.3 Å². The van der Waals surface area contributed by atoms with E-state index in [2.05, 4.69) is 14.9 Å². The molecule has 0 fully saturated rings. The van der Waals surface area contributed by atoms with E-state index in [9.17, 15) is 0 Å². The standard InChI is InChI=1S/C16H12N4O2S/c17-16(18)15-6-10-2-3-11(7-14(10)23-15)21-8-9-1-4-12-13(5-9)20-22-19-12/h1-7H,8H2,(H3,17,18). The van der Waals surface area contributed by atoms with Crippen molar-refractivity contribution in [3.63, 3.8) is 0 Å². The van der Waals surface area contributed by atoms with Crippen LogP contribution in [-0.4, -0.2) is 16.1 Å². The molecule has 23 heavy (non-hydrogen) atoms. The van der Waals surface area contributed by atoms with E-state index in [1.165, 1.54) is 11.3 Å². The van der Waals surface area contributed by atoms with Gasteiger partial charge in [-0.1, -0.05) is 6.07 Å². The van der Waals surface area contributed by atoms with Crippen LogP contribution >= 0.6 is 11.3 Å². The molecule has 0 atom stereocenters. The SMILES string of the molecule is N=C(N)c1cc2ccc(OCc3ccc4nonc4c3)cc2s1. The Balaban J connectivity index is 1.55. The van der Waals surface area contributed by atoms with Gasteiger partial charge >= 0.3 is 0 Å². The molecule has 0 saturated carbocycles. The topological polar surface area (TPSA) is 98.0 Å². The Labute approximate surface area is 134 Å². The molecule has 7 heteroatoms. The predicted octanol–water partition coefficient (Wildman–Crippen LogP) is 3.30. The van der Waals surface area contributed by atoms with E-state index in [1.807, 2.05) is 42.5 Å². The molecule has 0 unspecified atom stereocenters. The van der Waals surface area contributed by atoms with Crippen LogP contribution in [0.15, 0.2) is 47.1 Å². The Hall–Kier alpha value is -2.93. The van der Waals surface area contributed by atoms with E-state index < -0.39 is 0 Å². The van der Waals surface area contributed by atoms with E-state index in [-0.39, 0.29) is 5.84 Å². The smallest absolute Gasteiger partial charge is 0.135 e. The van der Waals surface area contributed by atoms with Gasteiger partial charge in [-0.05, 0) is 57.7 Å². The molecular weight excluding hydrogens is 312 g/mol. The number of nitrogen functional groups attached to an aromatic ring is 1. The number of benzene rings is 2. The fourth-order valence-electron chi connectivity index (χ4n) is 2.32. The summed E-state index contributed by atoms with van der Waals surface area (Å²) in [5.41, 5.74) is 7.96. The van der Waals surface area contributed by atoms with Gasteiger partial charge in [0, 0.05) is 4.70 Å². The number of fused-ring (bicyclic) bond motifs is 2. The number of rotatable bonds is 4. The van der Waals surface area contributed by atoms with Gasteiger partial charge in [0.2, 0.25) is 0 Å². The third-order valence-electron chi connectivity index (χ3n) is 3.48. The van der Waals surface area contributed by atoms with Crippen molar-refractivity contribution in [1.82, 2.24) is 10.3 Å². The van der Waals surface area contributed by atoms with Crippen molar-refractivity contribution in [1.29, 1.82) is 5.41 Å². The minimum atomic E-state index is 0.0863. The van der Waals surface area contributed by atoms with E-state index >= 15 is 0 Å². The minimum absolute atomic E-state index is 0.0863. The van der Waals surface area contributed by atoms with E-state index in [0.717, 1.165) is 31.8 Å². The molecule has 2 aromatic carbocycles. The van der Waals surface area contributed by atoms with Crippen molar-refractivity contribution in [3.05, 3.63) is 52.9 Å². The molecule has 6 nitrogen and oxygen atoms in total. The third kappa shape index (κ3) is 2.62. The molecule has 0 aliphatic rings. The predicted molar refractivity (Wildman–Crippen MR) is 89.0 cm³/mol. The summed E-state index contributed by atoms with van der Waals surface area (Å²) in [6, 6.07) is 13.4. The molecule has 0 aliphatic carbocycles. The first kappa shape index (κ1) is 13.7. The molecule has 0 aliphatic heterocycles. The molecule has 3 N–H and O–H groups in total. The van der Waals surface area contributed by atoms with Crippen molar-refractivity contribution in [2.24, 2.45) is 5.73 Å². The molecule has 0 amide bonds. The molecular formula is C16H12N4O2S. The maximum atomic E-state index is 7.51. The summed E-state index contributed by atoms with van der Waals surface area (Å²) in [5.74, 6) is 0.857. The largest absolute Gasteiger partial charge is 0.489 e. The van der Waals surface area contributed by atoms with Crippen LogP contribution in [-0.2, 0) is 6.61 Å². The number of nitrogens with one attached hydrogen (secondary N) is 1. The zero-order chi connectivity index (χ0) is 15.8. The average Bonchev–Trinajstić information content (AvgIpc) is 3.18. The number of amidine groups is 1. The average molecular weight is 324 g/mol. The van der Waals surface area contributed by atoms with Gasteiger partial charge in [0.25, 0.3) is 0 Å². The van der Waals surface area contributed by atoms with Gasteiger partial charge in [0.1, 0.15) is 29.2 Å². The van der Waals surface area contributed by atoms with E-state index in [4.69, 9.17) is 15.9 Å². The Morgan fingerprint density at radius 3 is 2.87 bits per heavy atom. The number of hydrogen-bond acceptors (Lipinski definition) is 6. The first-order valence-electron chi connectivity index (χ1n) is 6.91. The number of thiophene rings is 1. The summed E-state index contributed by atoms with van der Waals surface area (Å²) < 4.78 is 11.6. The van der Waals surface area contributed by atoms with Gasteiger partial charge in [0.15, 0.2) is 0 Å². The Kier molecular flexibility index (Phi) is 3.20. The maximum Gasteiger partial charge on any atom is 0.135 e. The summed E-state index contributed by atoms with van der Waals surface area (Å²) in [6.45, 7) is 0.430. The van der Waals surface area contributed by atoms with Crippen LogP contribution in [0, 0.1) is 5.41 Å². The molecule has 2 heterocycles. The van der Waals surface area contributed by atoms with Crippen LogP contribution in [0.2, 0.25) is 0 Å². The zero-order valence-electron chi connectivity index (χ0n) is 11.9. The van der Waals surface area contributed by atoms with Crippen LogP contribution in [0.5, 0.6) is 5.75 Å². The molecule has 0 bridgehead atoms. The van der Waals surface area contributed by atoms with Crippen molar-refractivity contribution in [3.8, 4) is 5.75 Å². The van der Waals surface area contributed by atoms with E-state index in [0.29, 0.717) is 12.1 Å². The summed E-state index contributed by atoms with van der Waals surface area (Å²) in [4.78, 5) is 0.765. The first-order chi connectivity index (χ1) is 11.2. The molecule has 0 saturated heterocycles. The highest BCUT2D eigenvalue weighted by molar-refractivity contribution is 7.20. The van der Waals surface area contributed by atoms with Crippen molar-refractivity contribution in [2.75, 3.05) is 0 Å². The maximum absolute atomic E-state index is 7.51. The Bertz CT molecular complexity index is 1020. The summed E-state index contributed by atoms with van der Waals surface area (Å²) in [5, 5.41) is 16.2. The second-order valence-electron chi connectivity index (χ2n) is 5.10. The molecule has 114 valence electrons. The second kappa shape index (κ2) is 5.36. The lowest BCUT2D eigenvalue weighted by Gasteiger charge is -2.06. The highest BCUT2D eigenvalue weighted by Crippen LogP contribution is 2.29. The normalized spacial score (nSPS) is 11.1. The minimum Gasteiger partial charge on any atom is -0.489 e. The molecule has 4 aromatic rings. The second-order valence-corrected chi connectivity index (χ2v) is 6.18. The monoisotopic (exact) mass is 324 g/mol. The summed E-state index contributed by atoms with van der Waals surface area (Å²) in [6.07, 6.45) is 0. The fraction of sp³-hybridized carbons (Fsp3) is 0.0625. The first-order valence-corrected chi connectivity index (χ1v) is 7.73. The number of ether oxygens (including phenoxy) is 1. The molecule has 0 radical (unpaired) electrons. The lowest BCUT2D eigenvalue weighted by Crippen LogP contribution is -2.08. The third-order valence-corrected chi connectivity index (χ3v) is 4.61. The highest BCUT2D eigenvalue weighted by Gasteiger charge is 2.06. The van der Waals surface area contributed by atoms with Gasteiger partial charge in [-0.3, -0.25) is 5.41 Å². The van der Waals surface area contributed by atoms with Crippen molar-refractivity contribution in [2.45, 2.75) is 6.61 Å². The Morgan fingerprint density at radius 1 is 1.13 bits per heavy atom.